The summed E-state index contributed by atoms with van der Waals surface area (Å²) in [6.45, 7) is 3.76. The maximum absolute atomic E-state index is 13.4. The fourth-order valence-corrected chi connectivity index (χ4v) is 5.14. The summed E-state index contributed by atoms with van der Waals surface area (Å²) in [5.74, 6) is 0.836. The molecule has 2 aliphatic rings. The van der Waals surface area contributed by atoms with Crippen LogP contribution in [0.25, 0.3) is 0 Å². The van der Waals surface area contributed by atoms with Crippen LogP contribution in [-0.4, -0.2) is 35.9 Å². The van der Waals surface area contributed by atoms with E-state index < -0.39 is 0 Å². The van der Waals surface area contributed by atoms with Crippen LogP contribution in [0.1, 0.15) is 67.9 Å². The molecule has 0 N–H and O–H groups in total. The molecule has 5 nitrogen and oxygen atoms in total. The summed E-state index contributed by atoms with van der Waals surface area (Å²) in [6.07, 6.45) is 5.25. The number of hydrogen-bond donors (Lipinski definition) is 0. The van der Waals surface area contributed by atoms with Crippen molar-refractivity contribution in [2.75, 3.05) is 12.0 Å². The third-order valence-corrected chi connectivity index (χ3v) is 6.53. The lowest BCUT2D eigenvalue weighted by molar-refractivity contribution is -0.134. The summed E-state index contributed by atoms with van der Waals surface area (Å²) in [7, 11) is 1.62. The van der Waals surface area contributed by atoms with Crippen LogP contribution in [0, 0.1) is 0 Å². The van der Waals surface area contributed by atoms with E-state index in [0.717, 1.165) is 36.3 Å². The molecule has 1 aliphatic heterocycles. The lowest BCUT2D eigenvalue weighted by Crippen LogP contribution is -2.49. The molecule has 4 rings (SSSR count). The highest BCUT2D eigenvalue weighted by Crippen LogP contribution is 2.43. The maximum Gasteiger partial charge on any atom is 0.258 e. The van der Waals surface area contributed by atoms with Gasteiger partial charge in [-0.2, -0.15) is 0 Å². The number of carbonyl (C=O) groups is 2. The number of ether oxygens (including phenoxy) is 1. The van der Waals surface area contributed by atoms with E-state index in [0.29, 0.717) is 11.6 Å². The smallest absolute Gasteiger partial charge is 0.258 e. The molecule has 2 aromatic carbocycles. The molecule has 1 aliphatic carbocycles. The van der Waals surface area contributed by atoms with Crippen molar-refractivity contribution in [3.8, 4) is 5.75 Å². The van der Waals surface area contributed by atoms with Gasteiger partial charge in [-0.05, 0) is 62.1 Å². The van der Waals surface area contributed by atoms with Crippen LogP contribution >= 0.6 is 0 Å². The predicted molar refractivity (Wildman–Crippen MR) is 118 cm³/mol. The highest BCUT2D eigenvalue weighted by molar-refractivity contribution is 6.07. The van der Waals surface area contributed by atoms with Gasteiger partial charge in [0.05, 0.1) is 13.2 Å². The van der Waals surface area contributed by atoms with Crippen molar-refractivity contribution in [2.45, 2.75) is 64.1 Å². The number of anilines is 1. The van der Waals surface area contributed by atoms with Crippen molar-refractivity contribution < 1.29 is 14.3 Å². The maximum atomic E-state index is 13.4. The van der Waals surface area contributed by atoms with E-state index in [9.17, 15) is 9.59 Å². The minimum absolute atomic E-state index is 0.0108. The van der Waals surface area contributed by atoms with Crippen molar-refractivity contribution in [3.63, 3.8) is 0 Å². The fraction of sp³-hybridized carbons (Fsp3) is 0.440. The monoisotopic (exact) mass is 406 g/mol. The number of rotatable bonds is 4. The predicted octanol–water partition coefficient (Wildman–Crippen LogP) is 4.97. The van der Waals surface area contributed by atoms with Gasteiger partial charge in [0.1, 0.15) is 5.75 Å². The van der Waals surface area contributed by atoms with Gasteiger partial charge in [0.25, 0.3) is 5.91 Å². The highest BCUT2D eigenvalue weighted by Gasteiger charge is 2.40. The molecule has 0 unspecified atom stereocenters. The van der Waals surface area contributed by atoms with Gasteiger partial charge in [0, 0.05) is 30.3 Å². The molecule has 30 heavy (non-hydrogen) atoms. The van der Waals surface area contributed by atoms with E-state index in [4.69, 9.17) is 4.74 Å². The number of nitrogens with zero attached hydrogens (tertiary/aromatic N) is 2. The Kier molecular flexibility index (Phi) is 5.80. The third kappa shape index (κ3) is 3.69. The van der Waals surface area contributed by atoms with Gasteiger partial charge in [-0.3, -0.25) is 9.59 Å². The number of amides is 2. The van der Waals surface area contributed by atoms with Crippen LogP contribution in [0.4, 0.5) is 5.69 Å². The molecule has 2 atom stereocenters. The fourth-order valence-electron chi connectivity index (χ4n) is 5.14. The number of carbonyl (C=O) groups excluding carboxylic acids is 2. The summed E-state index contributed by atoms with van der Waals surface area (Å²) in [5.41, 5.74) is 2.61. The highest BCUT2D eigenvalue weighted by atomic mass is 16.5. The quantitative estimate of drug-likeness (QED) is 0.721. The van der Waals surface area contributed by atoms with Crippen molar-refractivity contribution in [1.29, 1.82) is 0 Å². The lowest BCUT2D eigenvalue weighted by atomic mass is 9.88. The second kappa shape index (κ2) is 8.50. The van der Waals surface area contributed by atoms with Crippen LogP contribution in [-0.2, 0) is 4.79 Å². The molecule has 0 radical (unpaired) electrons. The topological polar surface area (TPSA) is 49.9 Å². The molecular formula is C25H30N2O3. The summed E-state index contributed by atoms with van der Waals surface area (Å²) < 4.78 is 5.22. The number of hydrogen-bond acceptors (Lipinski definition) is 3. The zero-order valence-corrected chi connectivity index (χ0v) is 18.0. The van der Waals surface area contributed by atoms with Gasteiger partial charge < -0.3 is 14.5 Å². The molecule has 1 saturated carbocycles. The first-order chi connectivity index (χ1) is 14.5. The number of benzene rings is 2. The van der Waals surface area contributed by atoms with Gasteiger partial charge in [-0.15, -0.1) is 0 Å². The Morgan fingerprint density at radius 2 is 1.70 bits per heavy atom. The van der Waals surface area contributed by atoms with Crippen LogP contribution < -0.4 is 9.64 Å². The first kappa shape index (κ1) is 20.5. The Bertz CT molecular complexity index is 918. The lowest BCUT2D eigenvalue weighted by Gasteiger charge is -2.45. The zero-order valence-electron chi connectivity index (χ0n) is 18.0. The number of fused-ring (bicyclic) bond motifs is 1. The number of para-hydroxylation sites is 1. The summed E-state index contributed by atoms with van der Waals surface area (Å²) in [6, 6.07) is 15.6. The number of methoxy groups -OCH3 is 1. The minimum Gasteiger partial charge on any atom is -0.497 e. The average molecular weight is 407 g/mol. The molecule has 2 aromatic rings. The molecule has 1 heterocycles. The summed E-state index contributed by atoms with van der Waals surface area (Å²) in [4.78, 5) is 30.1. The Hall–Kier alpha value is -2.82. The van der Waals surface area contributed by atoms with Crippen molar-refractivity contribution in [1.82, 2.24) is 4.90 Å². The van der Waals surface area contributed by atoms with Crippen molar-refractivity contribution >= 4 is 17.5 Å². The van der Waals surface area contributed by atoms with E-state index in [1.54, 1.807) is 14.0 Å². The van der Waals surface area contributed by atoms with Gasteiger partial charge in [-0.25, -0.2) is 0 Å². The van der Waals surface area contributed by atoms with E-state index in [2.05, 4.69) is 17.9 Å². The van der Waals surface area contributed by atoms with Crippen LogP contribution in [0.2, 0.25) is 0 Å². The van der Waals surface area contributed by atoms with Gasteiger partial charge in [0.15, 0.2) is 0 Å². The van der Waals surface area contributed by atoms with Crippen molar-refractivity contribution in [2.24, 2.45) is 0 Å². The first-order valence-corrected chi connectivity index (χ1v) is 10.9. The Morgan fingerprint density at radius 1 is 1.03 bits per heavy atom. The molecule has 0 bridgehead atoms. The summed E-state index contributed by atoms with van der Waals surface area (Å²) in [5, 5.41) is 0. The third-order valence-electron chi connectivity index (χ3n) is 6.53. The molecule has 0 spiro atoms. The Morgan fingerprint density at radius 3 is 2.33 bits per heavy atom. The average Bonchev–Trinajstić information content (AvgIpc) is 3.27. The van der Waals surface area contributed by atoms with Crippen LogP contribution in [0.15, 0.2) is 48.5 Å². The van der Waals surface area contributed by atoms with Gasteiger partial charge >= 0.3 is 0 Å². The second-order valence-electron chi connectivity index (χ2n) is 8.43. The van der Waals surface area contributed by atoms with E-state index >= 15 is 0 Å². The molecular weight excluding hydrogens is 376 g/mol. The largest absolute Gasteiger partial charge is 0.497 e. The molecule has 158 valence electrons. The van der Waals surface area contributed by atoms with E-state index in [1.165, 1.54) is 12.8 Å². The van der Waals surface area contributed by atoms with Gasteiger partial charge in [-0.1, -0.05) is 31.0 Å². The van der Waals surface area contributed by atoms with Crippen LogP contribution in [0.3, 0.4) is 0 Å². The zero-order chi connectivity index (χ0) is 21.3. The molecule has 0 aromatic heterocycles. The van der Waals surface area contributed by atoms with E-state index in [1.807, 2.05) is 47.4 Å². The first-order valence-electron chi connectivity index (χ1n) is 10.9. The normalized spacial score (nSPS) is 21.2. The molecule has 2 amide bonds. The molecule has 1 fully saturated rings. The SMILES string of the molecule is COc1ccc(C(=O)N2c3ccccc3[C@H](N(C(C)=O)C3CCCC3)C[C@@H]2C)cc1. The standard InChI is InChI=1S/C25H30N2O3/c1-17-16-24(27(18(2)28)20-8-4-5-9-20)22-10-6-7-11-23(22)26(17)25(29)19-12-14-21(30-3)15-13-19/h6-7,10-15,17,20,24H,4-5,8-9,16H2,1-3H3/t17-,24+/m0/s1. The Labute approximate surface area is 178 Å². The molecule has 5 heteroatoms. The van der Waals surface area contributed by atoms with Crippen LogP contribution in [0.5, 0.6) is 5.75 Å². The van der Waals surface area contributed by atoms with Gasteiger partial charge in [0.2, 0.25) is 5.91 Å². The summed E-state index contributed by atoms with van der Waals surface area (Å²) >= 11 is 0. The minimum atomic E-state index is -0.0219. The Balaban J connectivity index is 1.71. The second-order valence-corrected chi connectivity index (χ2v) is 8.43. The molecule has 0 saturated heterocycles. The van der Waals surface area contributed by atoms with E-state index in [-0.39, 0.29) is 23.9 Å². The van der Waals surface area contributed by atoms with Crippen molar-refractivity contribution in [3.05, 3.63) is 59.7 Å².